The average Bonchev–Trinajstić information content (AvgIpc) is 3.26. The number of pyridine rings is 2. The monoisotopic (exact) mass is 527 g/mol. The fourth-order valence-corrected chi connectivity index (χ4v) is 5.59. The van der Waals surface area contributed by atoms with E-state index in [4.69, 9.17) is 19.2 Å². The molecular formula is C27H17N3O9. The van der Waals surface area contributed by atoms with Gasteiger partial charge in [-0.15, -0.1) is 0 Å². The molecule has 0 fully saturated rings. The summed E-state index contributed by atoms with van der Waals surface area (Å²) in [4.78, 5) is 56.1. The highest BCUT2D eigenvalue weighted by Gasteiger charge is 2.62. The number of esters is 1. The molecule has 39 heavy (non-hydrogen) atoms. The Hall–Kier alpha value is -5.10. The normalized spacial score (nSPS) is 22.3. The number of benzene rings is 2. The molecule has 12 nitrogen and oxygen atoms in total. The van der Waals surface area contributed by atoms with E-state index in [1.165, 1.54) is 23.6 Å². The largest absolute Gasteiger partial charge is 0.517 e. The Morgan fingerprint density at radius 1 is 1.08 bits per heavy atom. The van der Waals surface area contributed by atoms with Crippen LogP contribution in [0.3, 0.4) is 0 Å². The Morgan fingerprint density at radius 3 is 2.54 bits per heavy atom. The number of fused-ring (bicyclic) bond motifs is 5. The van der Waals surface area contributed by atoms with Crippen molar-refractivity contribution in [3.05, 3.63) is 97.3 Å². The Bertz CT molecular complexity index is 1860. The molecule has 0 spiro atoms. The molecule has 0 saturated heterocycles. The molecule has 2 aromatic heterocycles. The van der Waals surface area contributed by atoms with Crippen LogP contribution in [0.1, 0.15) is 35.6 Å². The van der Waals surface area contributed by atoms with Gasteiger partial charge in [0.2, 0.25) is 0 Å². The summed E-state index contributed by atoms with van der Waals surface area (Å²) in [6, 6.07) is 13.9. The predicted molar refractivity (Wildman–Crippen MR) is 132 cm³/mol. The van der Waals surface area contributed by atoms with E-state index >= 15 is 0 Å². The van der Waals surface area contributed by atoms with Crippen molar-refractivity contribution in [1.29, 1.82) is 0 Å². The highest BCUT2D eigenvalue weighted by Crippen LogP contribution is 2.54. The second kappa shape index (κ2) is 7.48. The molecule has 12 heteroatoms. The van der Waals surface area contributed by atoms with Gasteiger partial charge in [0.1, 0.15) is 11.3 Å². The van der Waals surface area contributed by atoms with Crippen molar-refractivity contribution in [3.8, 4) is 17.1 Å². The second-order valence-corrected chi connectivity index (χ2v) is 9.49. The van der Waals surface area contributed by atoms with Crippen LogP contribution >= 0.6 is 0 Å². The van der Waals surface area contributed by atoms with Crippen molar-refractivity contribution < 1.29 is 33.8 Å². The third-order valence-electron chi connectivity index (χ3n) is 7.48. The summed E-state index contributed by atoms with van der Waals surface area (Å²) in [5, 5.41) is 23.7. The van der Waals surface area contributed by atoms with Gasteiger partial charge < -0.3 is 19.3 Å². The zero-order chi connectivity index (χ0) is 27.3. The Morgan fingerprint density at radius 2 is 1.82 bits per heavy atom. The number of non-ortho nitro benzene ring substituents is 1. The van der Waals surface area contributed by atoms with Crippen LogP contribution in [0, 0.1) is 10.1 Å². The van der Waals surface area contributed by atoms with Gasteiger partial charge in [0.25, 0.3) is 11.2 Å². The molecule has 194 valence electrons. The standard InChI is InChI=1S/C27H17N3O9/c1-2-26(34)18-19-23(31)29-12-14-11-13-5-3-4-6-17(13)28-20(14)21(29)22(18)37-25(33)39-27(19,38-24(26)32)15-7-9-16(10-8-15)30(35)36/h3-11,34H,2,12H2,1H3/t26-,27?/m0/s1. The van der Waals surface area contributed by atoms with Gasteiger partial charge in [-0.3, -0.25) is 19.5 Å². The third-order valence-corrected chi connectivity index (χ3v) is 7.48. The molecule has 0 amide bonds. The van der Waals surface area contributed by atoms with Crippen molar-refractivity contribution >= 4 is 28.7 Å². The number of ether oxygens (including phenoxy) is 3. The van der Waals surface area contributed by atoms with Crippen molar-refractivity contribution in [2.75, 3.05) is 0 Å². The van der Waals surface area contributed by atoms with Crippen LogP contribution in [-0.2, 0) is 32.2 Å². The number of rotatable bonds is 3. The molecule has 3 aliphatic rings. The van der Waals surface area contributed by atoms with Gasteiger partial charge in [-0.2, -0.15) is 0 Å². The number of carbonyl (C=O) groups excluding carboxylic acids is 2. The summed E-state index contributed by atoms with van der Waals surface area (Å²) in [5.41, 5.74) is -2.22. The van der Waals surface area contributed by atoms with Gasteiger partial charge in [0, 0.05) is 28.6 Å². The minimum Gasteiger partial charge on any atom is -0.411 e. The van der Waals surface area contributed by atoms with Gasteiger partial charge in [-0.25, -0.2) is 14.6 Å². The first-order valence-electron chi connectivity index (χ1n) is 12.0. The summed E-state index contributed by atoms with van der Waals surface area (Å²) in [6.07, 6.45) is -1.53. The van der Waals surface area contributed by atoms with Crippen LogP contribution in [-0.4, -0.2) is 31.7 Å². The van der Waals surface area contributed by atoms with E-state index < -0.39 is 34.0 Å². The number of aromatic nitrogens is 2. The molecule has 7 rings (SSSR count). The average molecular weight is 527 g/mol. The quantitative estimate of drug-likeness (QED) is 0.210. The molecule has 2 aromatic carbocycles. The lowest BCUT2D eigenvalue weighted by atomic mass is 9.79. The van der Waals surface area contributed by atoms with Gasteiger partial charge in [0.15, 0.2) is 11.4 Å². The molecule has 0 saturated carbocycles. The smallest absolute Gasteiger partial charge is 0.411 e. The van der Waals surface area contributed by atoms with Crippen LogP contribution in [0.5, 0.6) is 5.75 Å². The number of hydrogen-bond acceptors (Lipinski definition) is 10. The van der Waals surface area contributed by atoms with Crippen LogP contribution in [0.4, 0.5) is 10.5 Å². The van der Waals surface area contributed by atoms with E-state index in [9.17, 15) is 29.6 Å². The first-order chi connectivity index (χ1) is 18.7. The fraction of sp³-hybridized carbons (Fsp3) is 0.185. The summed E-state index contributed by atoms with van der Waals surface area (Å²) >= 11 is 0. The molecule has 5 heterocycles. The maximum absolute atomic E-state index is 14.3. The molecular weight excluding hydrogens is 510 g/mol. The van der Waals surface area contributed by atoms with Crippen LogP contribution < -0.4 is 10.3 Å². The summed E-state index contributed by atoms with van der Waals surface area (Å²) in [6.45, 7) is 1.58. The summed E-state index contributed by atoms with van der Waals surface area (Å²) in [7, 11) is 0. The topological polar surface area (TPSA) is 160 Å². The first kappa shape index (κ1) is 23.0. The van der Waals surface area contributed by atoms with E-state index in [1.807, 2.05) is 24.3 Å². The molecule has 0 aliphatic carbocycles. The Balaban J connectivity index is 1.60. The first-order valence-corrected chi connectivity index (χ1v) is 12.0. The number of nitrogens with zero attached hydrogens (tertiary/aromatic N) is 3. The van der Waals surface area contributed by atoms with Gasteiger partial charge in [-0.05, 0) is 30.7 Å². The highest BCUT2D eigenvalue weighted by molar-refractivity contribution is 5.92. The number of hydrogen-bond donors (Lipinski definition) is 1. The van der Waals surface area contributed by atoms with Crippen molar-refractivity contribution in [3.63, 3.8) is 0 Å². The molecule has 2 atom stereocenters. The number of nitro benzene ring substituents is 1. The number of carbonyl (C=O) groups is 2. The van der Waals surface area contributed by atoms with Crippen LogP contribution in [0.15, 0.2) is 59.4 Å². The van der Waals surface area contributed by atoms with Crippen LogP contribution in [0.2, 0.25) is 0 Å². The van der Waals surface area contributed by atoms with Crippen molar-refractivity contribution in [1.82, 2.24) is 9.55 Å². The predicted octanol–water partition coefficient (Wildman–Crippen LogP) is 3.22. The highest BCUT2D eigenvalue weighted by atomic mass is 16.8. The number of nitro groups is 1. The van der Waals surface area contributed by atoms with Gasteiger partial charge in [-0.1, -0.05) is 25.1 Å². The Kier molecular flexibility index (Phi) is 4.42. The molecule has 4 aromatic rings. The van der Waals surface area contributed by atoms with Crippen molar-refractivity contribution in [2.24, 2.45) is 0 Å². The molecule has 1 N–H and O–H groups in total. The second-order valence-electron chi connectivity index (χ2n) is 9.49. The van der Waals surface area contributed by atoms with Crippen molar-refractivity contribution in [2.45, 2.75) is 31.3 Å². The Labute approximate surface area is 218 Å². The lowest BCUT2D eigenvalue weighted by molar-refractivity contribution is -0.384. The maximum Gasteiger partial charge on any atom is 0.517 e. The molecule has 4 bridgehead atoms. The lowest BCUT2D eigenvalue weighted by Gasteiger charge is -2.40. The summed E-state index contributed by atoms with van der Waals surface area (Å²) in [5.74, 6) is -3.87. The number of aliphatic hydroxyl groups is 1. The zero-order valence-corrected chi connectivity index (χ0v) is 20.2. The van der Waals surface area contributed by atoms with E-state index in [2.05, 4.69) is 0 Å². The van der Waals surface area contributed by atoms with E-state index in [0.717, 1.165) is 17.5 Å². The minimum atomic E-state index is -2.46. The van der Waals surface area contributed by atoms with Gasteiger partial charge >= 0.3 is 17.9 Å². The summed E-state index contributed by atoms with van der Waals surface area (Å²) < 4.78 is 18.1. The lowest BCUT2D eigenvalue weighted by Crippen LogP contribution is -2.54. The molecule has 0 radical (unpaired) electrons. The zero-order valence-electron chi connectivity index (χ0n) is 20.2. The van der Waals surface area contributed by atoms with E-state index in [-0.39, 0.29) is 46.8 Å². The molecule has 3 aliphatic heterocycles. The molecule has 1 unspecified atom stereocenters. The fourth-order valence-electron chi connectivity index (χ4n) is 5.59. The minimum absolute atomic E-state index is 0.0531. The number of para-hydroxylation sites is 1. The van der Waals surface area contributed by atoms with Gasteiger partial charge in [0.05, 0.1) is 28.2 Å². The maximum atomic E-state index is 14.3. The van der Waals surface area contributed by atoms with E-state index in [0.29, 0.717) is 16.8 Å². The van der Waals surface area contributed by atoms with E-state index in [1.54, 1.807) is 6.07 Å². The SMILES string of the molecule is CC[C@@]1(O)C(=O)OC2(c3ccc([N+](=O)[O-])cc3)OC(=O)Oc3c1c2c(=O)n1c3-c2nc3ccccc3cc2C1. The third kappa shape index (κ3) is 2.85. The van der Waals surface area contributed by atoms with Crippen LogP contribution in [0.25, 0.3) is 22.3 Å².